The van der Waals surface area contributed by atoms with Crippen LogP contribution >= 0.6 is 0 Å². The molecule has 7 heteroatoms. The quantitative estimate of drug-likeness (QED) is 0.360. The van der Waals surface area contributed by atoms with Crippen molar-refractivity contribution in [2.45, 2.75) is 39.7 Å². The lowest BCUT2D eigenvalue weighted by molar-refractivity contribution is -0.150. The van der Waals surface area contributed by atoms with E-state index < -0.39 is 12.1 Å². The molecule has 1 N–H and O–H groups in total. The van der Waals surface area contributed by atoms with E-state index in [4.69, 9.17) is 18.9 Å². The molecule has 178 valence electrons. The number of hydrogen-bond donors (Lipinski definition) is 1. The highest BCUT2D eigenvalue weighted by Crippen LogP contribution is 2.29. The maximum Gasteiger partial charge on any atom is 0.331 e. The van der Waals surface area contributed by atoms with Crippen molar-refractivity contribution < 1.29 is 28.5 Å². The summed E-state index contributed by atoms with van der Waals surface area (Å²) in [5, 5.41) is 2.78. The first-order valence-electron chi connectivity index (χ1n) is 11.2. The van der Waals surface area contributed by atoms with Gasteiger partial charge >= 0.3 is 5.97 Å². The second-order valence-electron chi connectivity index (χ2n) is 7.29. The number of benzene rings is 2. The highest BCUT2D eigenvalue weighted by Gasteiger charge is 2.16. The summed E-state index contributed by atoms with van der Waals surface area (Å²) in [6.07, 6.45) is 3.56. The maximum atomic E-state index is 12.2. The van der Waals surface area contributed by atoms with Gasteiger partial charge < -0.3 is 24.3 Å². The Hall–Kier alpha value is -3.48. The standard InChI is InChI=1S/C26H33NO6/c1-5-17-32-23-13-9-21(18-24(23)31-6-2)10-14-25(28)33-19(3)26(29)27-16-15-20-7-11-22(30-4)12-8-20/h7-14,18-19H,5-6,15-17H2,1-4H3,(H,27,29)/b14-10+. The molecule has 0 aromatic heterocycles. The molecule has 2 aromatic carbocycles. The average molecular weight is 456 g/mol. The van der Waals surface area contributed by atoms with Gasteiger partial charge in [-0.05, 0) is 68.2 Å². The van der Waals surface area contributed by atoms with Gasteiger partial charge in [-0.1, -0.05) is 25.1 Å². The summed E-state index contributed by atoms with van der Waals surface area (Å²) < 4.78 is 21.6. The predicted octanol–water partition coefficient (Wildman–Crippen LogP) is 4.19. The number of nitrogens with one attached hydrogen (secondary N) is 1. The first-order chi connectivity index (χ1) is 16.0. The van der Waals surface area contributed by atoms with Gasteiger partial charge in [0, 0.05) is 12.6 Å². The van der Waals surface area contributed by atoms with E-state index in [1.807, 2.05) is 50.2 Å². The molecule has 0 aliphatic heterocycles. The Morgan fingerprint density at radius 2 is 1.79 bits per heavy atom. The van der Waals surface area contributed by atoms with E-state index in [1.165, 1.54) is 6.08 Å². The van der Waals surface area contributed by atoms with Crippen LogP contribution in [-0.2, 0) is 20.7 Å². The summed E-state index contributed by atoms with van der Waals surface area (Å²) >= 11 is 0. The summed E-state index contributed by atoms with van der Waals surface area (Å²) in [7, 11) is 1.62. The second kappa shape index (κ2) is 13.8. The Kier molecular flexibility index (Phi) is 10.8. The lowest BCUT2D eigenvalue weighted by Crippen LogP contribution is -2.36. The molecule has 0 heterocycles. The van der Waals surface area contributed by atoms with E-state index >= 15 is 0 Å². The minimum absolute atomic E-state index is 0.346. The number of methoxy groups -OCH3 is 1. The first-order valence-corrected chi connectivity index (χ1v) is 11.2. The van der Waals surface area contributed by atoms with E-state index in [0.717, 1.165) is 23.3 Å². The van der Waals surface area contributed by atoms with Crippen LogP contribution in [0, 0.1) is 0 Å². The van der Waals surface area contributed by atoms with Gasteiger partial charge in [-0.2, -0.15) is 0 Å². The topological polar surface area (TPSA) is 83.1 Å². The number of ether oxygens (including phenoxy) is 4. The largest absolute Gasteiger partial charge is 0.497 e. The zero-order valence-electron chi connectivity index (χ0n) is 19.8. The first kappa shape index (κ1) is 25.8. The van der Waals surface area contributed by atoms with Gasteiger partial charge in [-0.3, -0.25) is 4.79 Å². The summed E-state index contributed by atoms with van der Waals surface area (Å²) in [5.41, 5.74) is 1.83. The van der Waals surface area contributed by atoms with E-state index in [2.05, 4.69) is 5.32 Å². The number of carbonyl (C=O) groups is 2. The van der Waals surface area contributed by atoms with Crippen molar-refractivity contribution in [1.82, 2.24) is 5.32 Å². The molecule has 2 aromatic rings. The van der Waals surface area contributed by atoms with Crippen LogP contribution in [0.25, 0.3) is 6.08 Å². The second-order valence-corrected chi connectivity index (χ2v) is 7.29. The smallest absolute Gasteiger partial charge is 0.331 e. The van der Waals surface area contributed by atoms with Crippen LogP contribution < -0.4 is 19.5 Å². The van der Waals surface area contributed by atoms with Crippen molar-refractivity contribution in [1.29, 1.82) is 0 Å². The fourth-order valence-corrected chi connectivity index (χ4v) is 2.93. The van der Waals surface area contributed by atoms with Gasteiger partial charge in [0.25, 0.3) is 5.91 Å². The van der Waals surface area contributed by atoms with Crippen molar-refractivity contribution in [3.63, 3.8) is 0 Å². The molecule has 2 rings (SSSR count). The Balaban J connectivity index is 1.83. The van der Waals surface area contributed by atoms with Crippen LogP contribution in [0.15, 0.2) is 48.5 Å². The fourth-order valence-electron chi connectivity index (χ4n) is 2.93. The number of esters is 1. The lowest BCUT2D eigenvalue weighted by Gasteiger charge is -2.13. The third-order valence-electron chi connectivity index (χ3n) is 4.68. The van der Waals surface area contributed by atoms with E-state index in [1.54, 1.807) is 26.2 Å². The highest BCUT2D eigenvalue weighted by atomic mass is 16.5. The number of hydrogen-bond acceptors (Lipinski definition) is 6. The van der Waals surface area contributed by atoms with Gasteiger partial charge in [0.15, 0.2) is 17.6 Å². The highest BCUT2D eigenvalue weighted by molar-refractivity contribution is 5.90. The Morgan fingerprint density at radius 3 is 2.45 bits per heavy atom. The normalized spacial score (nSPS) is 11.6. The minimum atomic E-state index is -0.901. The molecule has 0 fully saturated rings. The zero-order valence-corrected chi connectivity index (χ0v) is 19.8. The van der Waals surface area contributed by atoms with Crippen molar-refractivity contribution >= 4 is 18.0 Å². The Morgan fingerprint density at radius 1 is 1.03 bits per heavy atom. The predicted molar refractivity (Wildman–Crippen MR) is 128 cm³/mol. The van der Waals surface area contributed by atoms with E-state index in [9.17, 15) is 9.59 Å². The molecule has 0 spiro atoms. The number of amides is 1. The van der Waals surface area contributed by atoms with Gasteiger partial charge in [0.1, 0.15) is 5.75 Å². The van der Waals surface area contributed by atoms with Crippen molar-refractivity contribution in [3.8, 4) is 17.2 Å². The van der Waals surface area contributed by atoms with Gasteiger partial charge in [-0.25, -0.2) is 4.79 Å². The summed E-state index contributed by atoms with van der Waals surface area (Å²) in [5.74, 6) is 1.12. The van der Waals surface area contributed by atoms with Crippen LogP contribution in [0.2, 0.25) is 0 Å². The Bertz CT molecular complexity index is 923. The van der Waals surface area contributed by atoms with Gasteiger partial charge in [-0.15, -0.1) is 0 Å². The molecular formula is C26H33NO6. The molecule has 0 bridgehead atoms. The monoisotopic (exact) mass is 455 g/mol. The van der Waals surface area contributed by atoms with Crippen LogP contribution in [-0.4, -0.2) is 44.8 Å². The number of rotatable bonds is 13. The Labute approximate surface area is 195 Å². The summed E-state index contributed by atoms with van der Waals surface area (Å²) in [6.45, 7) is 7.01. The van der Waals surface area contributed by atoms with Crippen molar-refractivity contribution in [2.75, 3.05) is 26.9 Å². The van der Waals surface area contributed by atoms with Crippen molar-refractivity contribution in [2.24, 2.45) is 0 Å². The van der Waals surface area contributed by atoms with Crippen LogP contribution in [0.5, 0.6) is 17.2 Å². The van der Waals surface area contributed by atoms with Gasteiger partial charge in [0.2, 0.25) is 0 Å². The molecular weight excluding hydrogens is 422 g/mol. The average Bonchev–Trinajstić information content (AvgIpc) is 2.82. The van der Waals surface area contributed by atoms with Crippen molar-refractivity contribution in [3.05, 3.63) is 59.7 Å². The molecule has 0 saturated heterocycles. The van der Waals surface area contributed by atoms with Crippen LogP contribution in [0.3, 0.4) is 0 Å². The summed E-state index contributed by atoms with van der Waals surface area (Å²) in [6, 6.07) is 13.1. The SMILES string of the molecule is CCCOc1ccc(/C=C/C(=O)OC(C)C(=O)NCCc2ccc(OC)cc2)cc1OCC. The minimum Gasteiger partial charge on any atom is -0.497 e. The third kappa shape index (κ3) is 8.88. The molecule has 33 heavy (non-hydrogen) atoms. The molecule has 1 atom stereocenters. The van der Waals surface area contributed by atoms with Crippen LogP contribution in [0.4, 0.5) is 0 Å². The molecule has 7 nitrogen and oxygen atoms in total. The van der Waals surface area contributed by atoms with Crippen LogP contribution in [0.1, 0.15) is 38.3 Å². The molecule has 0 saturated carbocycles. The third-order valence-corrected chi connectivity index (χ3v) is 4.68. The fraction of sp³-hybridized carbons (Fsp3) is 0.385. The molecule has 0 radical (unpaired) electrons. The summed E-state index contributed by atoms with van der Waals surface area (Å²) in [4.78, 5) is 24.4. The maximum absolute atomic E-state index is 12.2. The lowest BCUT2D eigenvalue weighted by atomic mass is 10.1. The van der Waals surface area contributed by atoms with E-state index in [-0.39, 0.29) is 5.91 Å². The molecule has 1 unspecified atom stereocenters. The molecule has 0 aliphatic rings. The van der Waals surface area contributed by atoms with Gasteiger partial charge in [0.05, 0.1) is 20.3 Å². The van der Waals surface area contributed by atoms with E-state index in [0.29, 0.717) is 37.7 Å². The molecule has 1 amide bonds. The molecule has 0 aliphatic carbocycles. The zero-order chi connectivity index (χ0) is 24.1. The number of carbonyl (C=O) groups excluding carboxylic acids is 2.